The number of nitrogens with one attached hydrogen (secondary N) is 3. The van der Waals surface area contributed by atoms with Gasteiger partial charge in [-0.3, -0.25) is 24.7 Å². The second-order valence-corrected chi connectivity index (χ2v) is 6.73. The van der Waals surface area contributed by atoms with Gasteiger partial charge >= 0.3 is 6.03 Å². The Morgan fingerprint density at radius 2 is 2.04 bits per heavy atom. The van der Waals surface area contributed by atoms with E-state index in [1.807, 2.05) is 0 Å². The Bertz CT molecular complexity index is 699. The Morgan fingerprint density at radius 1 is 1.31 bits per heavy atom. The zero-order valence-electron chi connectivity index (χ0n) is 15.0. The van der Waals surface area contributed by atoms with Crippen LogP contribution in [-0.4, -0.2) is 66.0 Å². The summed E-state index contributed by atoms with van der Waals surface area (Å²) in [4.78, 5) is 43.4. The van der Waals surface area contributed by atoms with E-state index in [4.69, 9.17) is 0 Å². The van der Waals surface area contributed by atoms with E-state index in [1.54, 1.807) is 12.1 Å². The molecule has 0 aliphatic carbocycles. The molecule has 3 rings (SSSR count). The molecule has 1 aromatic heterocycles. The average molecular weight is 360 g/mol. The van der Waals surface area contributed by atoms with E-state index in [0.717, 1.165) is 13.1 Å². The van der Waals surface area contributed by atoms with Crippen LogP contribution in [0.2, 0.25) is 0 Å². The molecule has 9 heteroatoms. The smallest absolute Gasteiger partial charge is 0.314 e. The van der Waals surface area contributed by atoms with Gasteiger partial charge in [0.1, 0.15) is 5.82 Å². The van der Waals surface area contributed by atoms with Crippen molar-refractivity contribution >= 4 is 29.4 Å². The molecule has 0 saturated carbocycles. The molecule has 2 aliphatic rings. The van der Waals surface area contributed by atoms with Gasteiger partial charge in [-0.05, 0) is 19.9 Å². The molecule has 2 aliphatic heterocycles. The van der Waals surface area contributed by atoms with Crippen molar-refractivity contribution in [3.63, 3.8) is 0 Å². The summed E-state index contributed by atoms with van der Waals surface area (Å²) in [6, 6.07) is 3.40. The van der Waals surface area contributed by atoms with Crippen LogP contribution in [-0.2, 0) is 9.59 Å². The van der Waals surface area contributed by atoms with Crippen molar-refractivity contribution in [2.45, 2.75) is 32.4 Å². The zero-order chi connectivity index (χ0) is 18.7. The second kappa shape index (κ2) is 7.79. The molecule has 2 saturated heterocycles. The lowest BCUT2D eigenvalue weighted by atomic mass is 10.1. The maximum Gasteiger partial charge on any atom is 0.328 e. The minimum Gasteiger partial charge on any atom is -0.314 e. The maximum absolute atomic E-state index is 12.4. The molecule has 0 radical (unpaired) electrons. The van der Waals surface area contributed by atoms with Gasteiger partial charge in [-0.25, -0.2) is 9.78 Å². The summed E-state index contributed by atoms with van der Waals surface area (Å²) in [6.45, 7) is 6.48. The topological polar surface area (TPSA) is 107 Å². The Balaban J connectivity index is 1.64. The van der Waals surface area contributed by atoms with Crippen molar-refractivity contribution in [1.29, 1.82) is 0 Å². The summed E-state index contributed by atoms with van der Waals surface area (Å²) in [7, 11) is 0. The van der Waals surface area contributed by atoms with Gasteiger partial charge in [-0.15, -0.1) is 0 Å². The molecule has 0 bridgehead atoms. The molecular formula is C17H24N6O3. The Kier molecular flexibility index (Phi) is 5.48. The van der Waals surface area contributed by atoms with Crippen LogP contribution in [0.3, 0.4) is 0 Å². The highest BCUT2D eigenvalue weighted by molar-refractivity contribution is 6.05. The summed E-state index contributed by atoms with van der Waals surface area (Å²) >= 11 is 0. The molecular weight excluding hydrogens is 336 g/mol. The molecule has 1 aromatic rings. The highest BCUT2D eigenvalue weighted by atomic mass is 16.2. The Labute approximate surface area is 152 Å². The van der Waals surface area contributed by atoms with Gasteiger partial charge in [0.2, 0.25) is 11.8 Å². The van der Waals surface area contributed by atoms with E-state index >= 15 is 0 Å². The molecule has 4 amide bonds. The van der Waals surface area contributed by atoms with Gasteiger partial charge in [0, 0.05) is 50.4 Å². The van der Waals surface area contributed by atoms with E-state index < -0.39 is 6.03 Å². The molecule has 2 atom stereocenters. The number of anilines is 2. The van der Waals surface area contributed by atoms with Crippen molar-refractivity contribution < 1.29 is 14.4 Å². The number of pyridine rings is 1. The highest BCUT2D eigenvalue weighted by Gasteiger charge is 2.27. The lowest BCUT2D eigenvalue weighted by Crippen LogP contribution is -2.56. The summed E-state index contributed by atoms with van der Waals surface area (Å²) < 4.78 is 0. The first-order valence-electron chi connectivity index (χ1n) is 8.78. The van der Waals surface area contributed by atoms with Gasteiger partial charge < -0.3 is 10.6 Å². The van der Waals surface area contributed by atoms with Crippen LogP contribution in [0.15, 0.2) is 18.3 Å². The molecule has 2 fully saturated rings. The second-order valence-electron chi connectivity index (χ2n) is 6.73. The standard InChI is InChI=1S/C17H24N6O3/c1-11-8-18-9-12(2)23(11)10-16(25)20-14-7-13(3-5-19-14)22-6-4-15(24)21-17(22)26/h3,5,7,11-12,18H,4,6,8-10H2,1-2H3,(H,19,20,25)(H,21,24,26)/t11-,12+. The fourth-order valence-corrected chi connectivity index (χ4v) is 3.30. The Hall–Kier alpha value is -2.52. The third-order valence-corrected chi connectivity index (χ3v) is 4.71. The first-order valence-corrected chi connectivity index (χ1v) is 8.78. The lowest BCUT2D eigenvalue weighted by molar-refractivity contribution is -0.120. The molecule has 140 valence electrons. The third-order valence-electron chi connectivity index (χ3n) is 4.71. The van der Waals surface area contributed by atoms with Crippen LogP contribution in [0.4, 0.5) is 16.3 Å². The number of rotatable bonds is 4. The summed E-state index contributed by atoms with van der Waals surface area (Å²) in [5.74, 6) is -0.0470. The van der Waals surface area contributed by atoms with Gasteiger partial charge in [-0.1, -0.05) is 0 Å². The number of carbonyl (C=O) groups excluding carboxylic acids is 3. The first-order chi connectivity index (χ1) is 12.4. The molecule has 0 aromatic carbocycles. The summed E-state index contributed by atoms with van der Waals surface area (Å²) in [5.41, 5.74) is 0.587. The van der Waals surface area contributed by atoms with Crippen LogP contribution in [0.5, 0.6) is 0 Å². The highest BCUT2D eigenvalue weighted by Crippen LogP contribution is 2.19. The fourth-order valence-electron chi connectivity index (χ4n) is 3.30. The molecule has 3 N–H and O–H groups in total. The van der Waals surface area contributed by atoms with Crippen molar-refractivity contribution in [2.75, 3.05) is 36.4 Å². The SMILES string of the molecule is C[C@@H]1CNC[C@H](C)N1CC(=O)Nc1cc(N2CCC(=O)NC2=O)ccn1. The lowest BCUT2D eigenvalue weighted by Gasteiger charge is -2.38. The van der Waals surface area contributed by atoms with Crippen molar-refractivity contribution in [3.8, 4) is 0 Å². The number of imide groups is 1. The monoisotopic (exact) mass is 360 g/mol. The van der Waals surface area contributed by atoms with Crippen molar-refractivity contribution in [3.05, 3.63) is 18.3 Å². The van der Waals surface area contributed by atoms with Crippen molar-refractivity contribution in [2.24, 2.45) is 0 Å². The van der Waals surface area contributed by atoms with Crippen LogP contribution in [0.1, 0.15) is 20.3 Å². The van der Waals surface area contributed by atoms with Crippen molar-refractivity contribution in [1.82, 2.24) is 20.5 Å². The molecule has 0 unspecified atom stereocenters. The largest absolute Gasteiger partial charge is 0.328 e. The number of urea groups is 1. The van der Waals surface area contributed by atoms with Crippen LogP contribution in [0.25, 0.3) is 0 Å². The third kappa shape index (κ3) is 4.17. The van der Waals surface area contributed by atoms with Crippen LogP contribution < -0.4 is 20.9 Å². The van der Waals surface area contributed by atoms with E-state index in [2.05, 4.69) is 39.7 Å². The van der Waals surface area contributed by atoms with Gasteiger partial charge in [-0.2, -0.15) is 0 Å². The van der Waals surface area contributed by atoms with Gasteiger partial charge in [0.25, 0.3) is 0 Å². The quantitative estimate of drug-likeness (QED) is 0.706. The number of nitrogens with zero attached hydrogens (tertiary/aromatic N) is 3. The van der Waals surface area contributed by atoms with E-state index in [0.29, 0.717) is 18.1 Å². The van der Waals surface area contributed by atoms with Crippen LogP contribution >= 0.6 is 0 Å². The van der Waals surface area contributed by atoms with Gasteiger partial charge in [0.05, 0.1) is 12.2 Å². The molecule has 3 heterocycles. The number of hydrogen-bond acceptors (Lipinski definition) is 6. The van der Waals surface area contributed by atoms with Crippen LogP contribution in [0, 0.1) is 0 Å². The molecule has 9 nitrogen and oxygen atoms in total. The normalized spacial score (nSPS) is 24.3. The minimum atomic E-state index is -0.465. The predicted octanol–water partition coefficient (Wildman–Crippen LogP) is 0.149. The minimum absolute atomic E-state index is 0.145. The molecule has 0 spiro atoms. The summed E-state index contributed by atoms with van der Waals surface area (Å²) in [6.07, 6.45) is 1.78. The number of hydrogen-bond donors (Lipinski definition) is 3. The van der Waals surface area contributed by atoms with E-state index in [1.165, 1.54) is 11.1 Å². The Morgan fingerprint density at radius 3 is 2.73 bits per heavy atom. The first kappa shape index (κ1) is 18.3. The van der Waals surface area contributed by atoms with Gasteiger partial charge in [0.15, 0.2) is 0 Å². The number of amides is 4. The number of piperazine rings is 1. The van der Waals surface area contributed by atoms with E-state index in [9.17, 15) is 14.4 Å². The molecule has 26 heavy (non-hydrogen) atoms. The maximum atomic E-state index is 12.4. The fraction of sp³-hybridized carbons (Fsp3) is 0.529. The van der Waals surface area contributed by atoms with E-state index in [-0.39, 0.29) is 36.9 Å². The number of carbonyl (C=O) groups is 3. The number of aromatic nitrogens is 1. The zero-order valence-corrected chi connectivity index (χ0v) is 15.0. The summed E-state index contributed by atoms with van der Waals surface area (Å²) in [5, 5.41) is 8.41. The average Bonchev–Trinajstić information content (AvgIpc) is 2.58. The predicted molar refractivity (Wildman–Crippen MR) is 96.9 cm³/mol.